The van der Waals surface area contributed by atoms with E-state index < -0.39 is 10.2 Å². The molecule has 1 aliphatic rings. The van der Waals surface area contributed by atoms with Gasteiger partial charge in [-0.1, -0.05) is 19.3 Å². The smallest absolute Gasteiger partial charge is 0.278 e. The van der Waals surface area contributed by atoms with Crippen molar-refractivity contribution in [2.75, 3.05) is 13.7 Å². The van der Waals surface area contributed by atoms with Crippen LogP contribution in [0.2, 0.25) is 0 Å². The molecule has 0 atom stereocenters. The molecule has 0 aromatic heterocycles. The molecule has 0 spiro atoms. The summed E-state index contributed by atoms with van der Waals surface area (Å²) in [5.74, 6) is 0. The molecule has 0 saturated heterocycles. The molecule has 0 bridgehead atoms. The molecule has 5 nitrogen and oxygen atoms in total. The van der Waals surface area contributed by atoms with Crippen molar-refractivity contribution in [3.05, 3.63) is 0 Å². The Morgan fingerprint density at radius 3 is 2.43 bits per heavy atom. The average molecular weight is 221 g/mol. The summed E-state index contributed by atoms with van der Waals surface area (Å²) >= 11 is 0. The fourth-order valence-corrected chi connectivity index (χ4v) is 2.74. The van der Waals surface area contributed by atoms with Crippen molar-refractivity contribution in [3.8, 4) is 0 Å². The third-order valence-electron chi connectivity index (χ3n) is 2.37. The van der Waals surface area contributed by atoms with E-state index in [-0.39, 0.29) is 12.7 Å². The Labute approximate surface area is 85.8 Å². The maximum atomic E-state index is 11.4. The van der Waals surface area contributed by atoms with Crippen LogP contribution in [0.1, 0.15) is 32.1 Å². The summed E-state index contributed by atoms with van der Waals surface area (Å²) in [6.07, 6.45) is 5.39. The molecule has 0 aromatic carbocycles. The molecule has 0 heterocycles. The molecule has 3 N–H and O–H groups in total. The van der Waals surface area contributed by atoms with Crippen molar-refractivity contribution >= 4 is 10.2 Å². The van der Waals surface area contributed by atoms with E-state index in [1.54, 1.807) is 7.05 Å². The molecule has 0 radical (unpaired) electrons. The molecular weight excluding hydrogens is 202 g/mol. The van der Waals surface area contributed by atoms with Crippen LogP contribution in [-0.4, -0.2) is 28.2 Å². The first-order valence-electron chi connectivity index (χ1n) is 5.05. The van der Waals surface area contributed by atoms with Crippen LogP contribution in [0.4, 0.5) is 0 Å². The van der Waals surface area contributed by atoms with Gasteiger partial charge in [0.1, 0.15) is 0 Å². The van der Waals surface area contributed by atoms with E-state index in [0.717, 1.165) is 25.7 Å². The zero-order chi connectivity index (χ0) is 10.4. The first-order chi connectivity index (χ1) is 6.64. The first-order valence-corrected chi connectivity index (χ1v) is 6.54. The first kappa shape index (κ1) is 11.9. The molecular formula is C8H19N3O2S. The SMILES string of the molecule is CNCNS(=O)(=O)NC1CCCCC1. The van der Waals surface area contributed by atoms with Crippen molar-refractivity contribution in [2.24, 2.45) is 0 Å². The monoisotopic (exact) mass is 221 g/mol. The Hall–Kier alpha value is -0.170. The largest absolute Gasteiger partial charge is 0.307 e. The van der Waals surface area contributed by atoms with Crippen molar-refractivity contribution in [2.45, 2.75) is 38.1 Å². The number of nitrogens with one attached hydrogen (secondary N) is 3. The van der Waals surface area contributed by atoms with E-state index in [1.165, 1.54) is 6.42 Å². The van der Waals surface area contributed by atoms with E-state index in [2.05, 4.69) is 14.8 Å². The Bertz CT molecular complexity index is 247. The molecule has 14 heavy (non-hydrogen) atoms. The van der Waals surface area contributed by atoms with Gasteiger partial charge < -0.3 is 5.32 Å². The third kappa shape index (κ3) is 4.36. The Morgan fingerprint density at radius 1 is 1.21 bits per heavy atom. The fraction of sp³-hybridized carbons (Fsp3) is 1.00. The lowest BCUT2D eigenvalue weighted by atomic mass is 9.96. The molecule has 0 unspecified atom stereocenters. The minimum absolute atomic E-state index is 0.123. The molecule has 0 amide bonds. The summed E-state index contributed by atoms with van der Waals surface area (Å²) < 4.78 is 27.8. The normalized spacial score (nSPS) is 19.8. The zero-order valence-electron chi connectivity index (χ0n) is 8.54. The second kappa shape index (κ2) is 5.65. The van der Waals surface area contributed by atoms with Gasteiger partial charge in [0.2, 0.25) is 0 Å². The molecule has 1 rings (SSSR count). The van der Waals surface area contributed by atoms with Gasteiger partial charge >= 0.3 is 0 Å². The van der Waals surface area contributed by atoms with E-state index in [1.807, 2.05) is 0 Å². The summed E-state index contributed by atoms with van der Waals surface area (Å²) in [5.41, 5.74) is 0. The molecule has 0 aromatic rings. The van der Waals surface area contributed by atoms with Gasteiger partial charge in [0.15, 0.2) is 0 Å². The summed E-state index contributed by atoms with van der Waals surface area (Å²) in [5, 5.41) is 2.73. The van der Waals surface area contributed by atoms with E-state index in [4.69, 9.17) is 0 Å². The van der Waals surface area contributed by atoms with Gasteiger partial charge in [0, 0.05) is 6.04 Å². The average Bonchev–Trinajstić information content (AvgIpc) is 2.16. The summed E-state index contributed by atoms with van der Waals surface area (Å²) in [4.78, 5) is 0. The van der Waals surface area contributed by atoms with Crippen LogP contribution in [0.3, 0.4) is 0 Å². The van der Waals surface area contributed by atoms with Crippen LogP contribution in [0, 0.1) is 0 Å². The molecule has 84 valence electrons. The van der Waals surface area contributed by atoms with Crippen molar-refractivity contribution in [1.82, 2.24) is 14.8 Å². The van der Waals surface area contributed by atoms with Crippen molar-refractivity contribution < 1.29 is 8.42 Å². The highest BCUT2D eigenvalue weighted by molar-refractivity contribution is 7.87. The lowest BCUT2D eigenvalue weighted by Gasteiger charge is -2.22. The maximum Gasteiger partial charge on any atom is 0.278 e. The second-order valence-corrected chi connectivity index (χ2v) is 5.16. The summed E-state index contributed by atoms with van der Waals surface area (Å²) in [6.45, 7) is 0.266. The van der Waals surface area contributed by atoms with E-state index in [0.29, 0.717) is 0 Å². The molecule has 1 aliphatic carbocycles. The van der Waals surface area contributed by atoms with Gasteiger partial charge in [-0.2, -0.15) is 17.9 Å². The van der Waals surface area contributed by atoms with Gasteiger partial charge in [-0.25, -0.2) is 0 Å². The van der Waals surface area contributed by atoms with E-state index >= 15 is 0 Å². The van der Waals surface area contributed by atoms with E-state index in [9.17, 15) is 8.42 Å². The topological polar surface area (TPSA) is 70.2 Å². The van der Waals surface area contributed by atoms with Gasteiger partial charge in [-0.3, -0.25) is 0 Å². The second-order valence-electron chi connectivity index (χ2n) is 3.63. The highest BCUT2D eigenvalue weighted by atomic mass is 32.2. The van der Waals surface area contributed by atoms with Crippen LogP contribution in [0.15, 0.2) is 0 Å². The standard InChI is InChI=1S/C8H19N3O2S/c1-9-7-10-14(12,13)11-8-5-3-2-4-6-8/h8-11H,2-7H2,1H3. The van der Waals surface area contributed by atoms with Crippen LogP contribution < -0.4 is 14.8 Å². The maximum absolute atomic E-state index is 11.4. The molecule has 6 heteroatoms. The summed E-state index contributed by atoms with van der Waals surface area (Å²) in [7, 11) is -1.61. The molecule has 0 aliphatic heterocycles. The fourth-order valence-electron chi connectivity index (χ4n) is 1.65. The van der Waals surface area contributed by atoms with Gasteiger partial charge in [-0.15, -0.1) is 0 Å². The minimum atomic E-state index is -3.31. The van der Waals surface area contributed by atoms with Crippen LogP contribution in [0.25, 0.3) is 0 Å². The van der Waals surface area contributed by atoms with Gasteiger partial charge in [-0.05, 0) is 19.9 Å². The Morgan fingerprint density at radius 2 is 1.86 bits per heavy atom. The number of hydrogen-bond acceptors (Lipinski definition) is 3. The molecule has 1 fully saturated rings. The minimum Gasteiger partial charge on any atom is -0.307 e. The predicted octanol–water partition coefficient (Wildman–Crippen LogP) is -0.0800. The molecule has 1 saturated carbocycles. The summed E-state index contributed by atoms with van der Waals surface area (Å²) in [6, 6.07) is 0.123. The third-order valence-corrected chi connectivity index (χ3v) is 3.53. The van der Waals surface area contributed by atoms with Crippen LogP contribution in [-0.2, 0) is 10.2 Å². The van der Waals surface area contributed by atoms with Crippen LogP contribution in [0.5, 0.6) is 0 Å². The highest BCUT2D eigenvalue weighted by Gasteiger charge is 2.18. The Balaban J connectivity index is 2.33. The number of rotatable bonds is 5. The van der Waals surface area contributed by atoms with Crippen molar-refractivity contribution in [3.63, 3.8) is 0 Å². The number of hydrogen-bond donors (Lipinski definition) is 3. The lowest BCUT2D eigenvalue weighted by Crippen LogP contribution is -2.45. The van der Waals surface area contributed by atoms with Crippen molar-refractivity contribution in [1.29, 1.82) is 0 Å². The Kier molecular flexibility index (Phi) is 4.80. The predicted molar refractivity (Wildman–Crippen MR) is 56.0 cm³/mol. The quantitative estimate of drug-likeness (QED) is 0.569. The zero-order valence-corrected chi connectivity index (χ0v) is 9.36. The lowest BCUT2D eigenvalue weighted by molar-refractivity contribution is 0.409. The van der Waals surface area contributed by atoms with Gasteiger partial charge in [0.25, 0.3) is 10.2 Å². The highest BCUT2D eigenvalue weighted by Crippen LogP contribution is 2.17. The van der Waals surface area contributed by atoms with Gasteiger partial charge in [0.05, 0.1) is 6.67 Å². The van der Waals surface area contributed by atoms with Crippen LogP contribution >= 0.6 is 0 Å².